The summed E-state index contributed by atoms with van der Waals surface area (Å²) in [5.41, 5.74) is 3.34. The highest BCUT2D eigenvalue weighted by Gasteiger charge is 2.15. The fourth-order valence-electron chi connectivity index (χ4n) is 2.38. The maximum absolute atomic E-state index is 12.7. The number of aromatic nitrogens is 4. The first-order valence-electron chi connectivity index (χ1n) is 7.54. The minimum absolute atomic E-state index is 0.392. The van der Waals surface area contributed by atoms with Crippen molar-refractivity contribution in [3.63, 3.8) is 0 Å². The van der Waals surface area contributed by atoms with Gasteiger partial charge >= 0.3 is 5.69 Å². The first kappa shape index (κ1) is 15.7. The van der Waals surface area contributed by atoms with Gasteiger partial charge in [0.1, 0.15) is 12.1 Å². The summed E-state index contributed by atoms with van der Waals surface area (Å²) in [5.74, 6) is 0.268. The zero-order valence-corrected chi connectivity index (χ0v) is 13.7. The van der Waals surface area contributed by atoms with E-state index in [9.17, 15) is 9.59 Å². The molecule has 0 bridgehead atoms. The zero-order valence-electron chi connectivity index (χ0n) is 13.7. The molecule has 1 N–H and O–H groups in total. The van der Waals surface area contributed by atoms with Crippen LogP contribution in [0.4, 0.5) is 5.82 Å². The maximum atomic E-state index is 12.7. The first-order valence-corrected chi connectivity index (χ1v) is 7.54. The van der Waals surface area contributed by atoms with Crippen LogP contribution >= 0.6 is 0 Å². The number of nitrogens with zero attached hydrogens (tertiary/aromatic N) is 5. The van der Waals surface area contributed by atoms with Gasteiger partial charge in [0.25, 0.3) is 5.91 Å². The lowest BCUT2D eigenvalue weighted by Gasteiger charge is -2.15. The number of anilines is 1. The lowest BCUT2D eigenvalue weighted by molar-refractivity contribution is 0.101. The Morgan fingerprint density at radius 2 is 2.04 bits per heavy atom. The van der Waals surface area contributed by atoms with Crippen molar-refractivity contribution >= 4 is 22.6 Å². The molecule has 0 aliphatic heterocycles. The van der Waals surface area contributed by atoms with Gasteiger partial charge in [0.2, 0.25) is 0 Å². The van der Waals surface area contributed by atoms with Gasteiger partial charge < -0.3 is 4.90 Å². The van der Waals surface area contributed by atoms with E-state index in [0.29, 0.717) is 23.4 Å². The fourth-order valence-corrected chi connectivity index (χ4v) is 2.38. The molecule has 0 fully saturated rings. The normalized spacial score (nSPS) is 10.8. The molecular formula is C16H18N6O2. The quantitative estimate of drug-likeness (QED) is 0.775. The smallest absolute Gasteiger partial charge is 0.363 e. The molecule has 8 heteroatoms. The van der Waals surface area contributed by atoms with E-state index in [1.165, 1.54) is 11.0 Å². The monoisotopic (exact) mass is 326 g/mol. The van der Waals surface area contributed by atoms with Crippen molar-refractivity contribution in [3.8, 4) is 0 Å². The Labute approximate surface area is 138 Å². The summed E-state index contributed by atoms with van der Waals surface area (Å²) in [6, 6.07) is 9.09. The second kappa shape index (κ2) is 6.15. The van der Waals surface area contributed by atoms with E-state index in [2.05, 4.69) is 15.5 Å². The largest absolute Gasteiger partial charge is 0.364 e. The van der Waals surface area contributed by atoms with E-state index in [1.54, 1.807) is 13.0 Å². The number of para-hydroxylation sites is 1. The van der Waals surface area contributed by atoms with Crippen LogP contribution in [0, 0.1) is 0 Å². The average Bonchev–Trinajstić information content (AvgIpc) is 2.93. The second-order valence-corrected chi connectivity index (χ2v) is 5.48. The predicted molar refractivity (Wildman–Crippen MR) is 91.9 cm³/mol. The number of carbonyl (C=O) groups excluding carboxylic acids is 1. The summed E-state index contributed by atoms with van der Waals surface area (Å²) in [6.07, 6.45) is 1.29. The third kappa shape index (κ3) is 2.73. The van der Waals surface area contributed by atoms with E-state index in [1.807, 2.05) is 43.3 Å². The summed E-state index contributed by atoms with van der Waals surface area (Å²) in [4.78, 5) is 31.1. The Kier molecular flexibility index (Phi) is 4.03. The molecule has 3 aromatic rings. The Balaban J connectivity index is 2.05. The van der Waals surface area contributed by atoms with E-state index in [4.69, 9.17) is 0 Å². The van der Waals surface area contributed by atoms with Crippen molar-refractivity contribution in [1.29, 1.82) is 0 Å². The van der Waals surface area contributed by atoms with Crippen molar-refractivity contribution in [2.24, 2.45) is 0 Å². The highest BCUT2D eigenvalue weighted by Crippen LogP contribution is 2.22. The molecular weight excluding hydrogens is 308 g/mol. The highest BCUT2D eigenvalue weighted by atomic mass is 16.2. The molecule has 2 heterocycles. The van der Waals surface area contributed by atoms with Gasteiger partial charge in [-0.15, -0.1) is 0 Å². The van der Waals surface area contributed by atoms with E-state index >= 15 is 0 Å². The number of hydrogen-bond donors (Lipinski definition) is 1. The zero-order chi connectivity index (χ0) is 17.3. The van der Waals surface area contributed by atoms with E-state index < -0.39 is 11.6 Å². The van der Waals surface area contributed by atoms with Gasteiger partial charge in [-0.25, -0.2) is 14.5 Å². The number of rotatable bonds is 4. The minimum Gasteiger partial charge on any atom is -0.363 e. The van der Waals surface area contributed by atoms with Crippen LogP contribution in [0.15, 0.2) is 41.5 Å². The molecule has 8 nitrogen and oxygen atoms in total. The summed E-state index contributed by atoms with van der Waals surface area (Å²) in [6.45, 7) is 2.24. The van der Waals surface area contributed by atoms with Gasteiger partial charge in [0.05, 0.1) is 11.1 Å². The number of aryl methyl sites for hydroxylation is 1. The summed E-state index contributed by atoms with van der Waals surface area (Å²) in [5, 5.41) is 4.64. The van der Waals surface area contributed by atoms with Crippen LogP contribution in [0.5, 0.6) is 0 Å². The molecule has 2 aromatic heterocycles. The van der Waals surface area contributed by atoms with Crippen molar-refractivity contribution in [1.82, 2.24) is 19.4 Å². The third-order valence-corrected chi connectivity index (χ3v) is 3.66. The van der Waals surface area contributed by atoms with E-state index in [-0.39, 0.29) is 0 Å². The van der Waals surface area contributed by atoms with Gasteiger partial charge in [-0.1, -0.05) is 18.2 Å². The van der Waals surface area contributed by atoms with Gasteiger partial charge in [0.15, 0.2) is 0 Å². The van der Waals surface area contributed by atoms with Crippen LogP contribution in [0.1, 0.15) is 17.3 Å². The Bertz CT molecular complexity index is 957. The molecule has 0 radical (unpaired) electrons. The van der Waals surface area contributed by atoms with Gasteiger partial charge in [0, 0.05) is 26.0 Å². The number of carbonyl (C=O) groups is 1. The van der Waals surface area contributed by atoms with Crippen molar-refractivity contribution in [3.05, 3.63) is 52.7 Å². The molecule has 1 amide bonds. The second-order valence-electron chi connectivity index (χ2n) is 5.48. The Morgan fingerprint density at radius 1 is 1.29 bits per heavy atom. The molecule has 0 spiro atoms. The number of pyridine rings is 1. The first-order chi connectivity index (χ1) is 11.5. The number of nitrogens with one attached hydrogen (secondary N) is 1. The molecule has 0 unspecified atom stereocenters. The number of benzene rings is 1. The Hall–Kier alpha value is -3.16. The van der Waals surface area contributed by atoms with Crippen LogP contribution in [0.2, 0.25) is 0 Å². The predicted octanol–water partition coefficient (Wildman–Crippen LogP) is 1.06. The van der Waals surface area contributed by atoms with Crippen LogP contribution in [0.25, 0.3) is 10.9 Å². The highest BCUT2D eigenvalue weighted by molar-refractivity contribution is 6.10. The fraction of sp³-hybridized carbons (Fsp3) is 0.250. The molecule has 3 rings (SSSR count). The molecule has 0 saturated carbocycles. The molecule has 0 saturated heterocycles. The maximum Gasteiger partial charge on any atom is 0.364 e. The van der Waals surface area contributed by atoms with Gasteiger partial charge in [-0.2, -0.15) is 9.77 Å². The van der Waals surface area contributed by atoms with Gasteiger partial charge in [-0.05, 0) is 19.1 Å². The number of fused-ring (bicyclic) bond motifs is 1. The molecule has 0 aliphatic rings. The van der Waals surface area contributed by atoms with Crippen LogP contribution in [0.3, 0.4) is 0 Å². The topological polar surface area (TPSA) is 85.1 Å². The molecule has 24 heavy (non-hydrogen) atoms. The molecule has 1 aromatic carbocycles. The van der Waals surface area contributed by atoms with Crippen molar-refractivity contribution in [2.75, 3.05) is 24.4 Å². The SMILES string of the molecule is CCn1ncn(NC(=O)c2cc(N(C)C)nc3ccccc23)c1=O. The van der Waals surface area contributed by atoms with Gasteiger partial charge in [-0.3, -0.25) is 10.2 Å². The lowest BCUT2D eigenvalue weighted by atomic mass is 10.1. The summed E-state index contributed by atoms with van der Waals surface area (Å²) < 4.78 is 2.34. The number of hydrogen-bond acceptors (Lipinski definition) is 5. The summed E-state index contributed by atoms with van der Waals surface area (Å²) in [7, 11) is 3.71. The molecule has 0 atom stereocenters. The molecule has 0 aliphatic carbocycles. The molecule has 124 valence electrons. The number of amides is 1. The third-order valence-electron chi connectivity index (χ3n) is 3.66. The standard InChI is InChI=1S/C16H18N6O2/c1-4-21-16(24)22(10-17-21)19-15(23)12-9-14(20(2)3)18-13-8-6-5-7-11(12)13/h5-10H,4H2,1-3H3,(H,19,23). The van der Waals surface area contributed by atoms with E-state index in [0.717, 1.165) is 10.1 Å². The average molecular weight is 326 g/mol. The lowest BCUT2D eigenvalue weighted by Crippen LogP contribution is -2.34. The van der Waals surface area contributed by atoms with Crippen LogP contribution < -0.4 is 16.0 Å². The van der Waals surface area contributed by atoms with Crippen molar-refractivity contribution in [2.45, 2.75) is 13.5 Å². The van der Waals surface area contributed by atoms with Crippen LogP contribution in [-0.4, -0.2) is 39.4 Å². The van der Waals surface area contributed by atoms with Crippen molar-refractivity contribution < 1.29 is 4.79 Å². The minimum atomic E-state index is -0.394. The summed E-state index contributed by atoms with van der Waals surface area (Å²) >= 11 is 0. The van der Waals surface area contributed by atoms with Crippen LogP contribution in [-0.2, 0) is 6.54 Å². The Morgan fingerprint density at radius 3 is 2.71 bits per heavy atom.